The van der Waals surface area contributed by atoms with Crippen molar-refractivity contribution in [3.8, 4) is 5.75 Å². The van der Waals surface area contributed by atoms with Crippen LogP contribution in [0.4, 0.5) is 5.69 Å². The lowest BCUT2D eigenvalue weighted by atomic mass is 9.75. The molecule has 198 valence electrons. The van der Waals surface area contributed by atoms with E-state index in [1.807, 2.05) is 25.1 Å². The number of nitrogens with one attached hydrogen (secondary N) is 2. The number of carbonyl (C=O) groups excluding carboxylic acids is 3. The molecule has 2 aromatic rings. The van der Waals surface area contributed by atoms with Crippen LogP contribution in [-0.2, 0) is 17.6 Å². The van der Waals surface area contributed by atoms with Crippen molar-refractivity contribution in [2.75, 3.05) is 24.7 Å². The van der Waals surface area contributed by atoms with Gasteiger partial charge >= 0.3 is 0 Å². The molecule has 1 fully saturated rings. The summed E-state index contributed by atoms with van der Waals surface area (Å²) in [5, 5.41) is 12.0. The lowest BCUT2D eigenvalue weighted by Crippen LogP contribution is -2.48. The fourth-order valence-electron chi connectivity index (χ4n) is 5.80. The molecule has 0 bridgehead atoms. The van der Waals surface area contributed by atoms with Gasteiger partial charge in [-0.3, -0.25) is 14.4 Å². The Morgan fingerprint density at radius 3 is 2.78 bits per heavy atom. The number of amides is 2. The number of aromatic amines is 1. The first kappa shape index (κ1) is 25.5. The van der Waals surface area contributed by atoms with Gasteiger partial charge < -0.3 is 25.0 Å². The standard InChI is InChI=1S/C29H37N3O5/c1-17-25-22(15-29(2,3)16-24(25)34)30-26(17)27(35)31-21(8-6-18-4-5-18)28(36)32-11-10-19-14-20(37-13-12-33)7-9-23(19)32/h7,9,14,18,21,30,33H,4-6,8,10-13,15-16H2,1-3H3,(H,31,35). The van der Waals surface area contributed by atoms with E-state index in [1.54, 1.807) is 4.90 Å². The number of aliphatic hydroxyl groups excluding tert-OH is 1. The summed E-state index contributed by atoms with van der Waals surface area (Å²) in [6.07, 6.45) is 5.73. The molecule has 2 aliphatic carbocycles. The van der Waals surface area contributed by atoms with Gasteiger partial charge in [-0.15, -0.1) is 0 Å². The van der Waals surface area contributed by atoms with E-state index in [0.29, 0.717) is 60.7 Å². The summed E-state index contributed by atoms with van der Waals surface area (Å²) in [4.78, 5) is 45.0. The minimum Gasteiger partial charge on any atom is -0.491 e. The molecule has 1 unspecified atom stereocenters. The average Bonchev–Trinajstić information content (AvgIpc) is 3.49. The zero-order chi connectivity index (χ0) is 26.3. The van der Waals surface area contributed by atoms with Gasteiger partial charge in [0.25, 0.3) is 5.91 Å². The van der Waals surface area contributed by atoms with Crippen molar-refractivity contribution in [3.05, 3.63) is 46.3 Å². The highest BCUT2D eigenvalue weighted by atomic mass is 16.5. The van der Waals surface area contributed by atoms with Crippen molar-refractivity contribution in [3.63, 3.8) is 0 Å². The molecule has 5 rings (SSSR count). The molecular formula is C29H37N3O5. The number of ketones is 1. The first-order valence-corrected chi connectivity index (χ1v) is 13.4. The Kier molecular flexibility index (Phi) is 6.88. The molecule has 1 aromatic heterocycles. The van der Waals surface area contributed by atoms with Crippen molar-refractivity contribution in [1.82, 2.24) is 10.3 Å². The highest BCUT2D eigenvalue weighted by molar-refractivity contribution is 6.06. The molecule has 0 radical (unpaired) electrons. The maximum Gasteiger partial charge on any atom is 0.268 e. The molecule has 3 N–H and O–H groups in total. The SMILES string of the molecule is Cc1c(C(=O)NC(CCC2CC2)C(=O)N2CCc3cc(OCCO)ccc32)[nH]c2c1C(=O)CC(C)(C)C2. The number of rotatable bonds is 9. The van der Waals surface area contributed by atoms with Crippen molar-refractivity contribution < 1.29 is 24.2 Å². The molecule has 0 spiro atoms. The molecule has 8 nitrogen and oxygen atoms in total. The molecule has 1 aromatic carbocycles. The zero-order valence-electron chi connectivity index (χ0n) is 22.0. The van der Waals surface area contributed by atoms with Crippen LogP contribution < -0.4 is 15.0 Å². The van der Waals surface area contributed by atoms with E-state index >= 15 is 0 Å². The summed E-state index contributed by atoms with van der Waals surface area (Å²) in [5.41, 5.74) is 4.22. The van der Waals surface area contributed by atoms with E-state index < -0.39 is 6.04 Å². The molecule has 8 heteroatoms. The van der Waals surface area contributed by atoms with Gasteiger partial charge in [-0.1, -0.05) is 26.7 Å². The Morgan fingerprint density at radius 1 is 1.27 bits per heavy atom. The van der Waals surface area contributed by atoms with Gasteiger partial charge in [0.1, 0.15) is 24.1 Å². The van der Waals surface area contributed by atoms with Gasteiger partial charge in [-0.2, -0.15) is 0 Å². The Balaban J connectivity index is 1.35. The molecule has 1 aliphatic heterocycles. The highest BCUT2D eigenvalue weighted by Gasteiger charge is 2.37. The van der Waals surface area contributed by atoms with Crippen LogP contribution >= 0.6 is 0 Å². The number of Topliss-reactive ketones (excluding diaryl/α,β-unsaturated/α-hetero) is 1. The Labute approximate surface area is 217 Å². The Morgan fingerprint density at radius 2 is 2.05 bits per heavy atom. The highest BCUT2D eigenvalue weighted by Crippen LogP contribution is 2.38. The van der Waals surface area contributed by atoms with Gasteiger partial charge in [0, 0.05) is 29.9 Å². The fourth-order valence-corrected chi connectivity index (χ4v) is 5.80. The predicted molar refractivity (Wildman–Crippen MR) is 140 cm³/mol. The number of aromatic nitrogens is 1. The van der Waals surface area contributed by atoms with Crippen molar-refractivity contribution in [2.45, 2.75) is 71.8 Å². The van der Waals surface area contributed by atoms with Crippen LogP contribution in [-0.4, -0.2) is 53.5 Å². The summed E-state index contributed by atoms with van der Waals surface area (Å²) in [6, 6.07) is 4.96. The minimum atomic E-state index is -0.642. The van der Waals surface area contributed by atoms with Gasteiger partial charge in [0.15, 0.2) is 5.78 Å². The number of nitrogens with zero attached hydrogens (tertiary/aromatic N) is 1. The third-order valence-electron chi connectivity index (χ3n) is 7.86. The second-order valence-electron chi connectivity index (χ2n) is 11.6. The summed E-state index contributed by atoms with van der Waals surface area (Å²) in [5.74, 6) is 0.923. The topological polar surface area (TPSA) is 112 Å². The van der Waals surface area contributed by atoms with E-state index in [9.17, 15) is 14.4 Å². The predicted octanol–water partition coefficient (Wildman–Crippen LogP) is 3.73. The summed E-state index contributed by atoms with van der Waals surface area (Å²) >= 11 is 0. The molecule has 3 aliphatic rings. The van der Waals surface area contributed by atoms with Gasteiger partial charge in [0.2, 0.25) is 5.91 Å². The minimum absolute atomic E-state index is 0.0563. The van der Waals surface area contributed by atoms with Gasteiger partial charge in [-0.25, -0.2) is 0 Å². The number of hydrogen-bond acceptors (Lipinski definition) is 5. The number of anilines is 1. The maximum atomic E-state index is 13.8. The third-order valence-corrected chi connectivity index (χ3v) is 7.86. The van der Waals surface area contributed by atoms with Crippen molar-refractivity contribution in [1.29, 1.82) is 0 Å². The fraction of sp³-hybridized carbons (Fsp3) is 0.552. The number of hydrogen-bond donors (Lipinski definition) is 3. The van der Waals surface area contributed by atoms with E-state index in [0.717, 1.165) is 23.4 Å². The number of ether oxygens (including phenoxy) is 1. The van der Waals surface area contributed by atoms with E-state index in [-0.39, 0.29) is 36.2 Å². The Bertz CT molecular complexity index is 1230. The lowest BCUT2D eigenvalue weighted by Gasteiger charge is -2.28. The van der Waals surface area contributed by atoms with Crippen LogP contribution in [0.25, 0.3) is 0 Å². The van der Waals surface area contributed by atoms with Crippen LogP contribution in [0.15, 0.2) is 18.2 Å². The second-order valence-corrected chi connectivity index (χ2v) is 11.6. The maximum absolute atomic E-state index is 13.8. The molecule has 0 saturated heterocycles. The quantitative estimate of drug-likeness (QED) is 0.479. The van der Waals surface area contributed by atoms with Crippen LogP contribution in [0.2, 0.25) is 0 Å². The second kappa shape index (κ2) is 9.97. The Hall–Kier alpha value is -3.13. The van der Waals surface area contributed by atoms with E-state index in [1.165, 1.54) is 12.8 Å². The molecule has 1 saturated carbocycles. The summed E-state index contributed by atoms with van der Waals surface area (Å²) in [6.45, 7) is 6.65. The van der Waals surface area contributed by atoms with E-state index in [2.05, 4.69) is 24.1 Å². The average molecular weight is 508 g/mol. The number of H-pyrrole nitrogens is 1. The van der Waals surface area contributed by atoms with Gasteiger partial charge in [0.05, 0.1) is 6.61 Å². The van der Waals surface area contributed by atoms with Crippen molar-refractivity contribution >= 4 is 23.3 Å². The summed E-state index contributed by atoms with van der Waals surface area (Å²) < 4.78 is 5.53. The monoisotopic (exact) mass is 507 g/mol. The molecule has 2 heterocycles. The van der Waals surface area contributed by atoms with Crippen LogP contribution in [0.3, 0.4) is 0 Å². The van der Waals surface area contributed by atoms with Crippen molar-refractivity contribution in [2.24, 2.45) is 11.3 Å². The third kappa shape index (κ3) is 5.30. The smallest absolute Gasteiger partial charge is 0.268 e. The number of carbonyl (C=O) groups is 3. The van der Waals surface area contributed by atoms with E-state index in [4.69, 9.17) is 9.84 Å². The molecule has 1 atom stereocenters. The number of fused-ring (bicyclic) bond motifs is 2. The molecular weight excluding hydrogens is 470 g/mol. The summed E-state index contributed by atoms with van der Waals surface area (Å²) in [7, 11) is 0. The first-order valence-electron chi connectivity index (χ1n) is 13.4. The first-order chi connectivity index (χ1) is 17.7. The zero-order valence-corrected chi connectivity index (χ0v) is 22.0. The largest absolute Gasteiger partial charge is 0.491 e. The van der Waals surface area contributed by atoms with Crippen LogP contribution in [0.1, 0.15) is 83.6 Å². The van der Waals surface area contributed by atoms with Gasteiger partial charge in [-0.05, 0) is 73.3 Å². The molecule has 37 heavy (non-hydrogen) atoms. The van der Waals surface area contributed by atoms with Crippen LogP contribution in [0.5, 0.6) is 5.75 Å². The number of aliphatic hydroxyl groups is 1. The molecule has 2 amide bonds. The normalized spacial score (nSPS) is 18.8. The number of benzene rings is 1. The lowest BCUT2D eigenvalue weighted by molar-refractivity contribution is -0.120. The van der Waals surface area contributed by atoms with Crippen LogP contribution in [0, 0.1) is 18.3 Å².